The minimum Gasteiger partial charge on any atom is -0.338 e. The highest BCUT2D eigenvalue weighted by molar-refractivity contribution is 5.64. The Balaban J connectivity index is 1.95. The number of aryl methyl sites for hydroxylation is 1. The molecule has 2 aromatic rings. The van der Waals surface area contributed by atoms with Crippen molar-refractivity contribution >= 4 is 11.5 Å². The van der Waals surface area contributed by atoms with Crippen molar-refractivity contribution in [2.45, 2.75) is 26.2 Å². The Morgan fingerprint density at radius 1 is 1.35 bits per heavy atom. The van der Waals surface area contributed by atoms with E-state index >= 15 is 0 Å². The smallest absolute Gasteiger partial charge is 0.148 e. The normalized spacial score (nSPS) is 20.2. The summed E-state index contributed by atoms with van der Waals surface area (Å²) in [7, 11) is 0. The van der Waals surface area contributed by atoms with Crippen LogP contribution in [0.25, 0.3) is 0 Å². The number of hydrogen-bond acceptors (Lipinski definition) is 4. The Labute approximate surface area is 118 Å². The van der Waals surface area contributed by atoms with E-state index in [1.54, 1.807) is 6.20 Å². The molecule has 0 aromatic carbocycles. The SMILES string of the molecule is Cc1ncccc1Nc1nc([C@@H]2CC2C)ccc1C#N. The Kier molecular flexibility index (Phi) is 3.11. The molecule has 1 aliphatic rings. The summed E-state index contributed by atoms with van der Waals surface area (Å²) >= 11 is 0. The van der Waals surface area contributed by atoms with E-state index in [4.69, 9.17) is 0 Å². The third-order valence-electron chi connectivity index (χ3n) is 3.79. The molecule has 0 bridgehead atoms. The first-order chi connectivity index (χ1) is 9.69. The third kappa shape index (κ3) is 2.35. The van der Waals surface area contributed by atoms with Crippen LogP contribution in [-0.2, 0) is 0 Å². The summed E-state index contributed by atoms with van der Waals surface area (Å²) in [6.45, 7) is 4.16. The Hall–Kier alpha value is -2.41. The lowest BCUT2D eigenvalue weighted by atomic mass is 10.2. The van der Waals surface area contributed by atoms with Crippen molar-refractivity contribution in [3.8, 4) is 6.07 Å². The number of nitrogens with zero attached hydrogens (tertiary/aromatic N) is 3. The number of nitriles is 1. The minimum atomic E-state index is 0.540. The molecule has 3 rings (SSSR count). The lowest BCUT2D eigenvalue weighted by molar-refractivity contribution is 0.886. The fourth-order valence-electron chi connectivity index (χ4n) is 2.34. The maximum Gasteiger partial charge on any atom is 0.148 e. The van der Waals surface area contributed by atoms with Crippen molar-refractivity contribution in [2.24, 2.45) is 5.92 Å². The average molecular weight is 264 g/mol. The molecule has 2 atom stereocenters. The third-order valence-corrected chi connectivity index (χ3v) is 3.79. The Bertz CT molecular complexity index is 687. The molecule has 0 spiro atoms. The maximum atomic E-state index is 9.22. The number of anilines is 2. The highest BCUT2D eigenvalue weighted by Crippen LogP contribution is 2.46. The monoisotopic (exact) mass is 264 g/mol. The highest BCUT2D eigenvalue weighted by atomic mass is 15.0. The minimum absolute atomic E-state index is 0.540. The average Bonchev–Trinajstić information content (AvgIpc) is 3.18. The fourth-order valence-corrected chi connectivity index (χ4v) is 2.34. The van der Waals surface area contributed by atoms with Gasteiger partial charge in [-0.15, -0.1) is 0 Å². The molecule has 0 radical (unpaired) electrons. The summed E-state index contributed by atoms with van der Waals surface area (Å²) in [5.74, 6) is 1.86. The van der Waals surface area contributed by atoms with Crippen LogP contribution in [0.3, 0.4) is 0 Å². The number of nitrogens with one attached hydrogen (secondary N) is 1. The summed E-state index contributed by atoms with van der Waals surface area (Å²) in [4.78, 5) is 8.87. The maximum absolute atomic E-state index is 9.22. The van der Waals surface area contributed by atoms with Crippen molar-refractivity contribution in [3.05, 3.63) is 47.4 Å². The van der Waals surface area contributed by atoms with Gasteiger partial charge in [0.25, 0.3) is 0 Å². The molecule has 4 heteroatoms. The van der Waals surface area contributed by atoms with E-state index in [0.717, 1.165) is 17.1 Å². The van der Waals surface area contributed by atoms with Gasteiger partial charge in [-0.2, -0.15) is 5.26 Å². The van der Waals surface area contributed by atoms with Crippen molar-refractivity contribution in [1.82, 2.24) is 9.97 Å². The van der Waals surface area contributed by atoms with Gasteiger partial charge in [0.1, 0.15) is 11.9 Å². The number of aromatic nitrogens is 2. The molecule has 0 aliphatic heterocycles. The number of hydrogen-bond donors (Lipinski definition) is 1. The molecule has 1 aliphatic carbocycles. The van der Waals surface area contributed by atoms with Crippen LogP contribution in [0, 0.1) is 24.2 Å². The van der Waals surface area contributed by atoms with Crippen LogP contribution in [0.1, 0.15) is 36.2 Å². The van der Waals surface area contributed by atoms with Crippen LogP contribution in [0.15, 0.2) is 30.5 Å². The van der Waals surface area contributed by atoms with E-state index in [2.05, 4.69) is 28.3 Å². The van der Waals surface area contributed by atoms with Crippen LogP contribution in [0.5, 0.6) is 0 Å². The summed E-state index contributed by atoms with van der Waals surface area (Å²) in [5, 5.41) is 12.5. The number of pyridine rings is 2. The molecule has 20 heavy (non-hydrogen) atoms. The van der Waals surface area contributed by atoms with Gasteiger partial charge in [-0.05, 0) is 43.5 Å². The van der Waals surface area contributed by atoms with E-state index in [0.29, 0.717) is 23.2 Å². The van der Waals surface area contributed by atoms with E-state index in [-0.39, 0.29) is 0 Å². The van der Waals surface area contributed by atoms with Crippen LogP contribution in [-0.4, -0.2) is 9.97 Å². The molecule has 100 valence electrons. The zero-order valence-electron chi connectivity index (χ0n) is 11.6. The number of rotatable bonds is 3. The molecule has 2 aromatic heterocycles. The molecule has 1 saturated carbocycles. The molecule has 0 amide bonds. The van der Waals surface area contributed by atoms with Gasteiger partial charge in [-0.25, -0.2) is 4.98 Å². The van der Waals surface area contributed by atoms with Crippen LogP contribution in [0.2, 0.25) is 0 Å². The van der Waals surface area contributed by atoms with Gasteiger partial charge >= 0.3 is 0 Å². The first-order valence-corrected chi connectivity index (χ1v) is 6.78. The molecular formula is C16H16N4. The van der Waals surface area contributed by atoms with Crippen molar-refractivity contribution in [1.29, 1.82) is 5.26 Å². The largest absolute Gasteiger partial charge is 0.338 e. The highest BCUT2D eigenvalue weighted by Gasteiger charge is 2.35. The van der Waals surface area contributed by atoms with Gasteiger partial charge in [0.2, 0.25) is 0 Å². The summed E-state index contributed by atoms with van der Waals surface area (Å²) < 4.78 is 0. The lowest BCUT2D eigenvalue weighted by Crippen LogP contribution is -2.01. The predicted molar refractivity (Wildman–Crippen MR) is 77.7 cm³/mol. The molecule has 4 nitrogen and oxygen atoms in total. The van der Waals surface area contributed by atoms with Gasteiger partial charge in [0.15, 0.2) is 0 Å². The molecule has 1 unspecified atom stereocenters. The van der Waals surface area contributed by atoms with Crippen molar-refractivity contribution in [3.63, 3.8) is 0 Å². The lowest BCUT2D eigenvalue weighted by Gasteiger charge is -2.10. The van der Waals surface area contributed by atoms with Crippen LogP contribution >= 0.6 is 0 Å². The van der Waals surface area contributed by atoms with Gasteiger partial charge in [0.05, 0.1) is 16.9 Å². The van der Waals surface area contributed by atoms with Crippen LogP contribution < -0.4 is 5.32 Å². The van der Waals surface area contributed by atoms with Gasteiger partial charge in [0, 0.05) is 17.8 Å². The second kappa shape index (κ2) is 4.93. The Morgan fingerprint density at radius 2 is 2.15 bits per heavy atom. The second-order valence-electron chi connectivity index (χ2n) is 5.32. The summed E-state index contributed by atoms with van der Waals surface area (Å²) in [5.41, 5.74) is 3.41. The van der Waals surface area contributed by atoms with E-state index in [1.165, 1.54) is 6.42 Å². The molecule has 1 N–H and O–H groups in total. The van der Waals surface area contributed by atoms with Gasteiger partial charge in [-0.3, -0.25) is 4.98 Å². The molecule has 1 fully saturated rings. The van der Waals surface area contributed by atoms with E-state index < -0.39 is 0 Å². The standard InChI is InChI=1S/C16H16N4/c1-10-8-13(10)15-6-5-12(9-17)16(20-15)19-14-4-3-7-18-11(14)2/h3-7,10,13H,8H2,1-2H3,(H,19,20)/t10?,13-/m1/s1. The molecular weight excluding hydrogens is 248 g/mol. The Morgan fingerprint density at radius 3 is 2.80 bits per heavy atom. The van der Waals surface area contributed by atoms with E-state index in [1.807, 2.05) is 31.2 Å². The second-order valence-corrected chi connectivity index (χ2v) is 5.32. The fraction of sp³-hybridized carbons (Fsp3) is 0.312. The van der Waals surface area contributed by atoms with E-state index in [9.17, 15) is 5.26 Å². The zero-order chi connectivity index (χ0) is 14.1. The zero-order valence-corrected chi connectivity index (χ0v) is 11.6. The van der Waals surface area contributed by atoms with Crippen LogP contribution in [0.4, 0.5) is 11.5 Å². The molecule has 0 saturated heterocycles. The summed E-state index contributed by atoms with van der Waals surface area (Å²) in [6, 6.07) is 9.81. The quantitative estimate of drug-likeness (QED) is 0.921. The predicted octanol–water partition coefficient (Wildman–Crippen LogP) is 3.52. The first kappa shape index (κ1) is 12.6. The topological polar surface area (TPSA) is 61.6 Å². The first-order valence-electron chi connectivity index (χ1n) is 6.78. The van der Waals surface area contributed by atoms with Gasteiger partial charge < -0.3 is 5.32 Å². The van der Waals surface area contributed by atoms with Gasteiger partial charge in [-0.1, -0.05) is 6.92 Å². The van der Waals surface area contributed by atoms with Crippen molar-refractivity contribution in [2.75, 3.05) is 5.32 Å². The summed E-state index contributed by atoms with van der Waals surface area (Å²) in [6.07, 6.45) is 2.94. The molecule has 2 heterocycles. The van der Waals surface area contributed by atoms with Crippen molar-refractivity contribution < 1.29 is 0 Å².